The maximum absolute atomic E-state index is 3.78. The van der Waals surface area contributed by atoms with Crippen molar-refractivity contribution in [2.45, 2.75) is 65.5 Å². The van der Waals surface area contributed by atoms with Gasteiger partial charge in [0.25, 0.3) is 0 Å². The van der Waals surface area contributed by atoms with Crippen molar-refractivity contribution < 1.29 is 0 Å². The molecule has 13 heavy (non-hydrogen) atoms. The van der Waals surface area contributed by atoms with Crippen molar-refractivity contribution in [1.29, 1.82) is 0 Å². The molecule has 0 amide bonds. The van der Waals surface area contributed by atoms with Crippen molar-refractivity contribution in [3.8, 4) is 0 Å². The van der Waals surface area contributed by atoms with E-state index >= 15 is 0 Å². The van der Waals surface area contributed by atoms with E-state index in [0.717, 1.165) is 17.9 Å². The van der Waals surface area contributed by atoms with Gasteiger partial charge in [0.2, 0.25) is 0 Å². The summed E-state index contributed by atoms with van der Waals surface area (Å²) in [7, 11) is 0. The fourth-order valence-electron chi connectivity index (χ4n) is 2.28. The van der Waals surface area contributed by atoms with Gasteiger partial charge in [0.05, 0.1) is 0 Å². The summed E-state index contributed by atoms with van der Waals surface area (Å²) >= 11 is 0. The van der Waals surface area contributed by atoms with Crippen LogP contribution in [-0.4, -0.2) is 12.1 Å². The molecule has 1 aliphatic carbocycles. The molecule has 0 radical (unpaired) electrons. The molecule has 0 aliphatic heterocycles. The third kappa shape index (κ3) is 2.98. The number of hydrogen-bond donors (Lipinski definition) is 1. The SMILES string of the molecule is CCC1CCCC1NC(C)C(C)C. The van der Waals surface area contributed by atoms with Crippen LogP contribution in [0.4, 0.5) is 0 Å². The Morgan fingerprint density at radius 3 is 2.46 bits per heavy atom. The molecular weight excluding hydrogens is 158 g/mol. The molecule has 0 bridgehead atoms. The van der Waals surface area contributed by atoms with E-state index in [1.54, 1.807) is 0 Å². The second kappa shape index (κ2) is 4.99. The predicted molar refractivity (Wildman–Crippen MR) is 58.9 cm³/mol. The van der Waals surface area contributed by atoms with Gasteiger partial charge in [-0.05, 0) is 31.6 Å². The first-order valence-electron chi connectivity index (χ1n) is 5.91. The van der Waals surface area contributed by atoms with Gasteiger partial charge in [-0.15, -0.1) is 0 Å². The summed E-state index contributed by atoms with van der Waals surface area (Å²) in [6, 6.07) is 1.49. The molecule has 1 N–H and O–H groups in total. The normalized spacial score (nSPS) is 31.2. The van der Waals surface area contributed by atoms with E-state index < -0.39 is 0 Å². The highest BCUT2D eigenvalue weighted by Crippen LogP contribution is 2.28. The lowest BCUT2D eigenvalue weighted by atomic mass is 9.98. The van der Waals surface area contributed by atoms with E-state index in [0.29, 0.717) is 6.04 Å². The van der Waals surface area contributed by atoms with Crippen molar-refractivity contribution in [2.75, 3.05) is 0 Å². The van der Waals surface area contributed by atoms with Gasteiger partial charge in [-0.3, -0.25) is 0 Å². The van der Waals surface area contributed by atoms with Crippen LogP contribution in [0.2, 0.25) is 0 Å². The van der Waals surface area contributed by atoms with Crippen LogP contribution in [0.5, 0.6) is 0 Å². The Kier molecular flexibility index (Phi) is 4.24. The van der Waals surface area contributed by atoms with Crippen LogP contribution < -0.4 is 5.32 Å². The lowest BCUT2D eigenvalue weighted by Gasteiger charge is -2.26. The zero-order chi connectivity index (χ0) is 9.84. The van der Waals surface area contributed by atoms with Crippen LogP contribution in [0.25, 0.3) is 0 Å². The van der Waals surface area contributed by atoms with E-state index in [1.807, 2.05) is 0 Å². The third-order valence-corrected chi connectivity index (χ3v) is 3.66. The molecule has 0 spiro atoms. The summed E-state index contributed by atoms with van der Waals surface area (Å²) in [6.45, 7) is 9.24. The molecular formula is C12H25N. The van der Waals surface area contributed by atoms with E-state index in [9.17, 15) is 0 Å². The Morgan fingerprint density at radius 1 is 1.23 bits per heavy atom. The Morgan fingerprint density at radius 2 is 1.92 bits per heavy atom. The first kappa shape index (κ1) is 11.0. The largest absolute Gasteiger partial charge is 0.311 e. The van der Waals surface area contributed by atoms with Crippen molar-refractivity contribution in [1.82, 2.24) is 5.32 Å². The molecule has 3 atom stereocenters. The molecule has 0 heterocycles. The summed E-state index contributed by atoms with van der Waals surface area (Å²) in [5, 5.41) is 3.78. The highest BCUT2D eigenvalue weighted by Gasteiger charge is 2.26. The van der Waals surface area contributed by atoms with Crippen LogP contribution in [0, 0.1) is 11.8 Å². The second-order valence-corrected chi connectivity index (χ2v) is 4.91. The Balaban J connectivity index is 2.34. The predicted octanol–water partition coefficient (Wildman–Crippen LogP) is 3.20. The Hall–Kier alpha value is -0.0400. The minimum absolute atomic E-state index is 0.678. The highest BCUT2D eigenvalue weighted by atomic mass is 15.0. The van der Waals surface area contributed by atoms with Gasteiger partial charge >= 0.3 is 0 Å². The van der Waals surface area contributed by atoms with Crippen molar-refractivity contribution in [2.24, 2.45) is 11.8 Å². The Labute approximate surface area is 83.3 Å². The van der Waals surface area contributed by atoms with Crippen LogP contribution in [0.1, 0.15) is 53.4 Å². The maximum atomic E-state index is 3.78. The average molecular weight is 183 g/mol. The van der Waals surface area contributed by atoms with Gasteiger partial charge in [-0.1, -0.05) is 33.6 Å². The summed E-state index contributed by atoms with van der Waals surface area (Å²) in [5.41, 5.74) is 0. The zero-order valence-electron chi connectivity index (χ0n) is 9.64. The zero-order valence-corrected chi connectivity index (χ0v) is 9.64. The Bertz CT molecular complexity index is 142. The summed E-state index contributed by atoms with van der Waals surface area (Å²) in [5.74, 6) is 1.71. The van der Waals surface area contributed by atoms with Crippen LogP contribution in [0.3, 0.4) is 0 Å². The van der Waals surface area contributed by atoms with Gasteiger partial charge in [0.1, 0.15) is 0 Å². The van der Waals surface area contributed by atoms with E-state index in [-0.39, 0.29) is 0 Å². The minimum atomic E-state index is 0.678. The summed E-state index contributed by atoms with van der Waals surface area (Å²) in [6.07, 6.45) is 5.62. The lowest BCUT2D eigenvalue weighted by Crippen LogP contribution is -2.41. The van der Waals surface area contributed by atoms with Crippen molar-refractivity contribution in [3.63, 3.8) is 0 Å². The molecule has 0 aromatic heterocycles. The van der Waals surface area contributed by atoms with E-state index in [1.165, 1.54) is 25.7 Å². The lowest BCUT2D eigenvalue weighted by molar-refractivity contribution is 0.317. The van der Waals surface area contributed by atoms with E-state index in [2.05, 4.69) is 33.0 Å². The molecule has 1 heteroatoms. The van der Waals surface area contributed by atoms with Gasteiger partial charge in [-0.2, -0.15) is 0 Å². The molecule has 1 rings (SSSR count). The monoisotopic (exact) mass is 183 g/mol. The molecule has 1 saturated carbocycles. The molecule has 0 saturated heterocycles. The molecule has 78 valence electrons. The summed E-state index contributed by atoms with van der Waals surface area (Å²) in [4.78, 5) is 0. The van der Waals surface area contributed by atoms with Crippen molar-refractivity contribution in [3.05, 3.63) is 0 Å². The third-order valence-electron chi connectivity index (χ3n) is 3.66. The quantitative estimate of drug-likeness (QED) is 0.706. The maximum Gasteiger partial charge on any atom is 0.00978 e. The fourth-order valence-corrected chi connectivity index (χ4v) is 2.28. The molecule has 1 aliphatic rings. The molecule has 1 fully saturated rings. The highest BCUT2D eigenvalue weighted by molar-refractivity contribution is 4.84. The fraction of sp³-hybridized carbons (Fsp3) is 1.00. The molecule has 1 nitrogen and oxygen atoms in total. The number of rotatable bonds is 4. The van der Waals surface area contributed by atoms with Gasteiger partial charge in [0.15, 0.2) is 0 Å². The average Bonchev–Trinajstić information content (AvgIpc) is 2.51. The van der Waals surface area contributed by atoms with Gasteiger partial charge in [0, 0.05) is 12.1 Å². The smallest absolute Gasteiger partial charge is 0.00978 e. The van der Waals surface area contributed by atoms with Crippen molar-refractivity contribution >= 4 is 0 Å². The topological polar surface area (TPSA) is 12.0 Å². The van der Waals surface area contributed by atoms with Gasteiger partial charge < -0.3 is 5.32 Å². The van der Waals surface area contributed by atoms with Crippen LogP contribution in [0.15, 0.2) is 0 Å². The standard InChI is InChI=1S/C12H25N/c1-5-11-7-6-8-12(11)13-10(4)9(2)3/h9-13H,5-8H2,1-4H3. The summed E-state index contributed by atoms with van der Waals surface area (Å²) < 4.78 is 0. The molecule has 0 aromatic rings. The number of hydrogen-bond acceptors (Lipinski definition) is 1. The van der Waals surface area contributed by atoms with Crippen LogP contribution >= 0.6 is 0 Å². The minimum Gasteiger partial charge on any atom is -0.311 e. The molecule has 0 aromatic carbocycles. The molecule has 3 unspecified atom stereocenters. The van der Waals surface area contributed by atoms with Gasteiger partial charge in [-0.25, -0.2) is 0 Å². The first-order valence-corrected chi connectivity index (χ1v) is 5.91. The number of nitrogens with one attached hydrogen (secondary N) is 1. The second-order valence-electron chi connectivity index (χ2n) is 4.91. The van der Waals surface area contributed by atoms with Crippen LogP contribution in [-0.2, 0) is 0 Å². The van der Waals surface area contributed by atoms with E-state index in [4.69, 9.17) is 0 Å². The first-order chi connectivity index (χ1) is 6.15.